The molecule has 138 valence electrons. The highest BCUT2D eigenvalue weighted by Crippen LogP contribution is 2.41. The van der Waals surface area contributed by atoms with Crippen molar-refractivity contribution >= 4 is 34.2 Å². The van der Waals surface area contributed by atoms with Crippen molar-refractivity contribution in [1.29, 1.82) is 0 Å². The third-order valence-corrected chi connectivity index (χ3v) is 5.16. The van der Waals surface area contributed by atoms with Crippen molar-refractivity contribution in [3.63, 3.8) is 0 Å². The van der Waals surface area contributed by atoms with Crippen LogP contribution in [0.5, 0.6) is 11.5 Å². The molecule has 0 bridgehead atoms. The number of hydrogen-bond acceptors (Lipinski definition) is 3. The maximum Gasteiger partial charge on any atom is 0.150 e. The van der Waals surface area contributed by atoms with Gasteiger partial charge in [0.25, 0.3) is 0 Å². The fourth-order valence-electron chi connectivity index (χ4n) is 3.73. The fraction of sp³-hybridized carbons (Fsp3) is 0.261. The summed E-state index contributed by atoms with van der Waals surface area (Å²) < 4.78 is 6.33. The lowest BCUT2D eigenvalue weighted by molar-refractivity contribution is 0.112. The molecule has 1 aromatic heterocycles. The standard InChI is InChI=1S/C23H23NO3/c1-14(2)5-4-9-23(3)10-8-17-20(27-23)7-6-16-18-11-15(13-25)12-19(26)22(18)24-21(16)17/h5-8,10-13,24,26H,4,9H2,1-3H3. The van der Waals surface area contributed by atoms with Crippen molar-refractivity contribution in [3.8, 4) is 11.5 Å². The smallest absolute Gasteiger partial charge is 0.150 e. The van der Waals surface area contributed by atoms with Gasteiger partial charge in [-0.1, -0.05) is 11.6 Å². The van der Waals surface area contributed by atoms with Crippen LogP contribution in [0.15, 0.2) is 42.0 Å². The minimum absolute atomic E-state index is 0.0758. The van der Waals surface area contributed by atoms with E-state index in [1.165, 1.54) is 11.6 Å². The van der Waals surface area contributed by atoms with Crippen LogP contribution in [0.2, 0.25) is 0 Å². The molecule has 0 amide bonds. The number of allylic oxidation sites excluding steroid dienone is 2. The predicted molar refractivity (Wildman–Crippen MR) is 110 cm³/mol. The summed E-state index contributed by atoms with van der Waals surface area (Å²) in [5.74, 6) is 0.901. The molecule has 0 spiro atoms. The number of carbonyl (C=O) groups excluding carboxylic acids is 1. The Morgan fingerprint density at radius 2 is 2.04 bits per heavy atom. The number of carbonyl (C=O) groups is 1. The Morgan fingerprint density at radius 1 is 1.22 bits per heavy atom. The highest BCUT2D eigenvalue weighted by molar-refractivity contribution is 6.13. The summed E-state index contributed by atoms with van der Waals surface area (Å²) >= 11 is 0. The molecule has 2 heterocycles. The molecule has 1 atom stereocenters. The van der Waals surface area contributed by atoms with Gasteiger partial charge in [-0.15, -0.1) is 0 Å². The lowest BCUT2D eigenvalue weighted by Crippen LogP contribution is -2.31. The van der Waals surface area contributed by atoms with Crippen molar-refractivity contribution in [2.24, 2.45) is 0 Å². The third-order valence-electron chi connectivity index (χ3n) is 5.16. The van der Waals surface area contributed by atoms with E-state index in [4.69, 9.17) is 4.74 Å². The first-order valence-corrected chi connectivity index (χ1v) is 9.18. The van der Waals surface area contributed by atoms with Crippen LogP contribution in [-0.4, -0.2) is 22.0 Å². The molecule has 2 N–H and O–H groups in total. The molecule has 0 fully saturated rings. The Hall–Kier alpha value is -3.01. The van der Waals surface area contributed by atoms with E-state index >= 15 is 0 Å². The van der Waals surface area contributed by atoms with Crippen molar-refractivity contribution in [2.45, 2.75) is 39.2 Å². The van der Waals surface area contributed by atoms with Gasteiger partial charge in [-0.2, -0.15) is 0 Å². The number of hydrogen-bond donors (Lipinski definition) is 2. The van der Waals surface area contributed by atoms with Gasteiger partial charge in [0.15, 0.2) is 0 Å². The third kappa shape index (κ3) is 3.01. The zero-order valence-electron chi connectivity index (χ0n) is 15.8. The summed E-state index contributed by atoms with van der Waals surface area (Å²) in [5, 5.41) is 12.1. The number of aldehydes is 1. The number of phenols is 1. The highest BCUT2D eigenvalue weighted by atomic mass is 16.5. The van der Waals surface area contributed by atoms with Gasteiger partial charge in [0.05, 0.1) is 11.0 Å². The molecule has 1 aliphatic heterocycles. The number of phenolic OH excluding ortho intramolecular Hbond substituents is 1. The lowest BCUT2D eigenvalue weighted by Gasteiger charge is -2.31. The van der Waals surface area contributed by atoms with Crippen LogP contribution in [0, 0.1) is 0 Å². The van der Waals surface area contributed by atoms with Gasteiger partial charge in [0, 0.05) is 21.9 Å². The van der Waals surface area contributed by atoms with Crippen LogP contribution in [0.4, 0.5) is 0 Å². The van der Waals surface area contributed by atoms with E-state index in [1.54, 1.807) is 6.07 Å². The zero-order valence-corrected chi connectivity index (χ0v) is 15.8. The van der Waals surface area contributed by atoms with Gasteiger partial charge in [-0.3, -0.25) is 4.79 Å². The summed E-state index contributed by atoms with van der Waals surface area (Å²) in [6.07, 6.45) is 9.05. The van der Waals surface area contributed by atoms with Crippen LogP contribution in [0.1, 0.15) is 49.5 Å². The lowest BCUT2D eigenvalue weighted by atomic mass is 9.94. The topological polar surface area (TPSA) is 62.3 Å². The van der Waals surface area contributed by atoms with Gasteiger partial charge in [0.2, 0.25) is 0 Å². The van der Waals surface area contributed by atoms with E-state index in [0.29, 0.717) is 11.1 Å². The van der Waals surface area contributed by atoms with E-state index in [2.05, 4.69) is 44.0 Å². The van der Waals surface area contributed by atoms with Gasteiger partial charge < -0.3 is 14.8 Å². The van der Waals surface area contributed by atoms with E-state index < -0.39 is 0 Å². The first kappa shape index (κ1) is 17.4. The molecule has 3 aromatic rings. The SMILES string of the molecule is CC(C)=CCCC1(C)C=Cc2c(ccc3c2[nH]c2c(O)cc(C=O)cc23)O1. The Balaban J connectivity index is 1.79. The van der Waals surface area contributed by atoms with Gasteiger partial charge >= 0.3 is 0 Å². The minimum atomic E-state index is -0.342. The Morgan fingerprint density at radius 3 is 2.78 bits per heavy atom. The zero-order chi connectivity index (χ0) is 19.2. The predicted octanol–water partition coefficient (Wildman–Crippen LogP) is 5.75. The summed E-state index contributed by atoms with van der Waals surface area (Å²) in [6, 6.07) is 7.23. The van der Waals surface area contributed by atoms with Crippen LogP contribution < -0.4 is 4.74 Å². The average Bonchev–Trinajstić information content (AvgIpc) is 3.00. The molecule has 4 heteroatoms. The van der Waals surface area contributed by atoms with Crippen LogP contribution in [0.3, 0.4) is 0 Å². The molecule has 27 heavy (non-hydrogen) atoms. The Bertz CT molecular complexity index is 1120. The number of nitrogens with one attached hydrogen (secondary N) is 1. The van der Waals surface area contributed by atoms with E-state index in [0.717, 1.165) is 46.7 Å². The number of fused-ring (bicyclic) bond motifs is 5. The number of ether oxygens (including phenoxy) is 1. The van der Waals surface area contributed by atoms with E-state index in [9.17, 15) is 9.90 Å². The second-order valence-corrected chi connectivity index (χ2v) is 7.67. The maximum atomic E-state index is 11.1. The Labute approximate surface area is 158 Å². The maximum absolute atomic E-state index is 11.1. The molecular formula is C23H23NO3. The van der Waals surface area contributed by atoms with Crippen LogP contribution in [-0.2, 0) is 0 Å². The Kier molecular flexibility index (Phi) is 4.06. The summed E-state index contributed by atoms with van der Waals surface area (Å²) in [6.45, 7) is 6.31. The monoisotopic (exact) mass is 361 g/mol. The number of aromatic hydroxyl groups is 1. The van der Waals surface area contributed by atoms with Crippen LogP contribution >= 0.6 is 0 Å². The van der Waals surface area contributed by atoms with Crippen molar-refractivity contribution in [3.05, 3.63) is 53.1 Å². The number of H-pyrrole nitrogens is 1. The van der Waals surface area contributed by atoms with E-state index in [1.807, 2.05) is 12.1 Å². The summed E-state index contributed by atoms with van der Waals surface area (Å²) in [4.78, 5) is 14.4. The van der Waals surface area contributed by atoms with Crippen LogP contribution in [0.25, 0.3) is 27.9 Å². The molecule has 4 nitrogen and oxygen atoms in total. The number of aromatic nitrogens is 1. The quantitative estimate of drug-likeness (QED) is 0.459. The normalized spacial score (nSPS) is 18.3. The molecule has 1 aliphatic rings. The van der Waals surface area contributed by atoms with E-state index in [-0.39, 0.29) is 11.4 Å². The average molecular weight is 361 g/mol. The number of rotatable bonds is 4. The molecule has 1 unspecified atom stereocenters. The largest absolute Gasteiger partial charge is 0.506 e. The molecular weight excluding hydrogens is 338 g/mol. The molecule has 0 aliphatic carbocycles. The number of benzene rings is 2. The van der Waals surface area contributed by atoms with Crippen molar-refractivity contribution in [2.75, 3.05) is 0 Å². The molecule has 0 radical (unpaired) electrons. The molecule has 4 rings (SSSR count). The van der Waals surface area contributed by atoms with Gasteiger partial charge in [-0.25, -0.2) is 0 Å². The molecule has 0 saturated heterocycles. The highest BCUT2D eigenvalue weighted by Gasteiger charge is 2.28. The second kappa shape index (κ2) is 6.31. The minimum Gasteiger partial charge on any atom is -0.506 e. The van der Waals surface area contributed by atoms with Crippen molar-refractivity contribution in [1.82, 2.24) is 4.98 Å². The summed E-state index contributed by atoms with van der Waals surface area (Å²) in [5.41, 5.74) is 3.93. The van der Waals surface area contributed by atoms with Gasteiger partial charge in [-0.05, 0) is 70.0 Å². The first-order valence-electron chi connectivity index (χ1n) is 9.18. The second-order valence-electron chi connectivity index (χ2n) is 7.67. The van der Waals surface area contributed by atoms with Crippen molar-refractivity contribution < 1.29 is 14.6 Å². The first-order chi connectivity index (χ1) is 12.9. The fourth-order valence-corrected chi connectivity index (χ4v) is 3.73. The molecule has 2 aromatic carbocycles. The van der Waals surface area contributed by atoms with Gasteiger partial charge in [0.1, 0.15) is 23.4 Å². The molecule has 0 saturated carbocycles. The number of aromatic amines is 1. The summed E-state index contributed by atoms with van der Waals surface area (Å²) in [7, 11) is 0.